The summed E-state index contributed by atoms with van der Waals surface area (Å²) in [5, 5.41) is 0. The van der Waals surface area contributed by atoms with Gasteiger partial charge in [0.25, 0.3) is 0 Å². The quantitative estimate of drug-likeness (QED) is 0.696. The fraction of sp³-hybridized carbons (Fsp3) is 0.947. The molecule has 3 fully saturated rings. The molecule has 0 N–H and O–H groups in total. The lowest BCUT2D eigenvalue weighted by Crippen LogP contribution is -2.45. The van der Waals surface area contributed by atoms with E-state index >= 15 is 0 Å². The van der Waals surface area contributed by atoms with Gasteiger partial charge in [-0.1, -0.05) is 44.9 Å². The summed E-state index contributed by atoms with van der Waals surface area (Å²) in [7, 11) is 0. The van der Waals surface area contributed by atoms with Crippen LogP contribution in [0, 0.1) is 5.92 Å². The monoisotopic (exact) mass is 307 g/mol. The van der Waals surface area contributed by atoms with Crippen molar-refractivity contribution in [1.29, 1.82) is 0 Å². The van der Waals surface area contributed by atoms with Crippen LogP contribution in [0.5, 0.6) is 0 Å². The molecule has 2 atom stereocenters. The number of ether oxygens (including phenoxy) is 1. The van der Waals surface area contributed by atoms with Gasteiger partial charge in [0.1, 0.15) is 5.78 Å². The van der Waals surface area contributed by atoms with Gasteiger partial charge in [0.05, 0.1) is 12.6 Å². The molecule has 22 heavy (non-hydrogen) atoms. The SMILES string of the molecule is O=C1CCN([C@@H]2CCCC[C@@H]2OCCCC2CCCCC2)C1. The Kier molecular flexibility index (Phi) is 6.31. The Labute approximate surface area is 135 Å². The summed E-state index contributed by atoms with van der Waals surface area (Å²) in [6.45, 7) is 2.57. The van der Waals surface area contributed by atoms with Gasteiger partial charge in [-0.2, -0.15) is 0 Å². The van der Waals surface area contributed by atoms with Crippen molar-refractivity contribution in [2.45, 2.75) is 89.2 Å². The molecule has 0 aromatic heterocycles. The van der Waals surface area contributed by atoms with E-state index in [4.69, 9.17) is 4.74 Å². The van der Waals surface area contributed by atoms with E-state index in [9.17, 15) is 4.79 Å². The highest BCUT2D eigenvalue weighted by Crippen LogP contribution is 2.29. The molecule has 3 heteroatoms. The predicted octanol–water partition coefficient (Wildman–Crippen LogP) is 3.95. The molecule has 1 saturated heterocycles. The lowest BCUT2D eigenvalue weighted by Gasteiger charge is -2.37. The third-order valence-electron chi connectivity index (χ3n) is 6.01. The highest BCUT2D eigenvalue weighted by Gasteiger charge is 2.34. The molecule has 1 aliphatic heterocycles. The van der Waals surface area contributed by atoms with Crippen molar-refractivity contribution in [3.63, 3.8) is 0 Å². The number of ketones is 1. The molecule has 3 rings (SSSR count). The number of carbonyl (C=O) groups excluding carboxylic acids is 1. The number of hydrogen-bond acceptors (Lipinski definition) is 3. The van der Waals surface area contributed by atoms with Crippen molar-refractivity contribution >= 4 is 5.78 Å². The van der Waals surface area contributed by atoms with E-state index < -0.39 is 0 Å². The van der Waals surface area contributed by atoms with Gasteiger partial charge in [-0.05, 0) is 31.6 Å². The van der Waals surface area contributed by atoms with Crippen molar-refractivity contribution < 1.29 is 9.53 Å². The molecule has 126 valence electrons. The zero-order chi connectivity index (χ0) is 15.2. The first kappa shape index (κ1) is 16.4. The van der Waals surface area contributed by atoms with Gasteiger partial charge in [-0.15, -0.1) is 0 Å². The van der Waals surface area contributed by atoms with E-state index in [0.717, 1.165) is 25.5 Å². The third kappa shape index (κ3) is 4.55. The summed E-state index contributed by atoms with van der Waals surface area (Å²) < 4.78 is 6.28. The minimum atomic E-state index is 0.381. The zero-order valence-corrected chi connectivity index (χ0v) is 14.1. The number of Topliss-reactive ketones (excluding diaryl/α,β-unsaturated/α-hetero) is 1. The molecule has 3 nitrogen and oxygen atoms in total. The van der Waals surface area contributed by atoms with Crippen LogP contribution in [-0.4, -0.2) is 42.5 Å². The van der Waals surface area contributed by atoms with Crippen LogP contribution in [0.15, 0.2) is 0 Å². The molecule has 0 unspecified atom stereocenters. The average Bonchev–Trinajstić information content (AvgIpc) is 2.99. The summed E-state index contributed by atoms with van der Waals surface area (Å²) in [6, 6.07) is 0.509. The fourth-order valence-electron chi connectivity index (χ4n) is 4.71. The second kappa shape index (κ2) is 8.44. The van der Waals surface area contributed by atoms with Crippen LogP contribution in [0.1, 0.15) is 77.0 Å². The maximum atomic E-state index is 11.6. The van der Waals surface area contributed by atoms with Crippen molar-refractivity contribution in [1.82, 2.24) is 4.90 Å². The fourth-order valence-corrected chi connectivity index (χ4v) is 4.71. The Balaban J connectivity index is 1.38. The Morgan fingerprint density at radius 1 is 1.00 bits per heavy atom. The normalized spacial score (nSPS) is 31.7. The zero-order valence-electron chi connectivity index (χ0n) is 14.1. The highest BCUT2D eigenvalue weighted by atomic mass is 16.5. The minimum absolute atomic E-state index is 0.381. The van der Waals surface area contributed by atoms with Gasteiger partial charge in [0.2, 0.25) is 0 Å². The molecule has 1 heterocycles. The molecule has 2 aliphatic carbocycles. The van der Waals surface area contributed by atoms with E-state index in [1.54, 1.807) is 0 Å². The lowest BCUT2D eigenvalue weighted by atomic mass is 9.86. The van der Waals surface area contributed by atoms with Crippen molar-refractivity contribution in [3.05, 3.63) is 0 Å². The molecular weight excluding hydrogens is 274 g/mol. The maximum Gasteiger partial charge on any atom is 0.148 e. The standard InChI is InChI=1S/C19H33NO2/c21-17-12-13-20(15-17)18-10-4-5-11-19(18)22-14-6-9-16-7-2-1-3-8-16/h16,18-19H,1-15H2/t18-,19+/m1/s1. The average molecular weight is 307 g/mol. The number of hydrogen-bond donors (Lipinski definition) is 0. The minimum Gasteiger partial charge on any atom is -0.377 e. The second-order valence-corrected chi connectivity index (χ2v) is 7.67. The predicted molar refractivity (Wildman–Crippen MR) is 89.0 cm³/mol. The topological polar surface area (TPSA) is 29.5 Å². The van der Waals surface area contributed by atoms with Gasteiger partial charge in [-0.3, -0.25) is 9.69 Å². The summed E-state index contributed by atoms with van der Waals surface area (Å²) in [4.78, 5) is 14.0. The maximum absolute atomic E-state index is 11.6. The molecule has 0 radical (unpaired) electrons. The molecule has 0 spiro atoms. The third-order valence-corrected chi connectivity index (χ3v) is 6.01. The molecule has 0 bridgehead atoms. The smallest absolute Gasteiger partial charge is 0.148 e. The van der Waals surface area contributed by atoms with Crippen LogP contribution in [0.4, 0.5) is 0 Å². The Bertz CT molecular complexity index is 351. The van der Waals surface area contributed by atoms with Gasteiger partial charge >= 0.3 is 0 Å². The number of nitrogens with zero attached hydrogens (tertiary/aromatic N) is 1. The summed E-state index contributed by atoms with van der Waals surface area (Å²) in [6.07, 6.45) is 16.0. The van der Waals surface area contributed by atoms with Crippen LogP contribution in [0.25, 0.3) is 0 Å². The molecule has 2 saturated carbocycles. The van der Waals surface area contributed by atoms with Crippen LogP contribution >= 0.6 is 0 Å². The highest BCUT2D eigenvalue weighted by molar-refractivity contribution is 5.82. The van der Waals surface area contributed by atoms with Crippen LogP contribution < -0.4 is 0 Å². The van der Waals surface area contributed by atoms with E-state index in [1.165, 1.54) is 70.6 Å². The molecular formula is C19H33NO2. The Hall–Kier alpha value is -0.410. The number of likely N-dealkylation sites (tertiary alicyclic amines) is 1. The van der Waals surface area contributed by atoms with Crippen LogP contribution in [0.3, 0.4) is 0 Å². The Morgan fingerprint density at radius 3 is 2.55 bits per heavy atom. The summed E-state index contributed by atoms with van der Waals surface area (Å²) >= 11 is 0. The molecule has 0 aromatic carbocycles. The largest absolute Gasteiger partial charge is 0.377 e. The van der Waals surface area contributed by atoms with Crippen LogP contribution in [-0.2, 0) is 9.53 Å². The lowest BCUT2D eigenvalue weighted by molar-refractivity contribution is -0.117. The van der Waals surface area contributed by atoms with E-state index in [0.29, 0.717) is 24.5 Å². The van der Waals surface area contributed by atoms with Crippen molar-refractivity contribution in [2.75, 3.05) is 19.7 Å². The second-order valence-electron chi connectivity index (χ2n) is 7.67. The van der Waals surface area contributed by atoms with Gasteiger partial charge < -0.3 is 4.74 Å². The molecule has 3 aliphatic rings. The summed E-state index contributed by atoms with van der Waals surface area (Å²) in [5.74, 6) is 1.39. The first-order valence-electron chi connectivity index (χ1n) is 9.70. The van der Waals surface area contributed by atoms with Gasteiger partial charge in [0.15, 0.2) is 0 Å². The first-order valence-corrected chi connectivity index (χ1v) is 9.70. The van der Waals surface area contributed by atoms with Crippen molar-refractivity contribution in [3.8, 4) is 0 Å². The molecule has 0 amide bonds. The molecule has 0 aromatic rings. The van der Waals surface area contributed by atoms with E-state index in [-0.39, 0.29) is 0 Å². The van der Waals surface area contributed by atoms with E-state index in [2.05, 4.69) is 4.90 Å². The first-order chi connectivity index (χ1) is 10.8. The number of rotatable bonds is 6. The number of carbonyl (C=O) groups is 1. The van der Waals surface area contributed by atoms with Gasteiger partial charge in [0, 0.05) is 25.6 Å². The Morgan fingerprint density at radius 2 is 1.77 bits per heavy atom. The van der Waals surface area contributed by atoms with Gasteiger partial charge in [-0.25, -0.2) is 0 Å². The summed E-state index contributed by atoms with van der Waals surface area (Å²) in [5.41, 5.74) is 0. The van der Waals surface area contributed by atoms with Crippen LogP contribution in [0.2, 0.25) is 0 Å². The van der Waals surface area contributed by atoms with Crippen molar-refractivity contribution in [2.24, 2.45) is 5.92 Å². The van der Waals surface area contributed by atoms with E-state index in [1.807, 2.05) is 0 Å².